The molecule has 28 heavy (non-hydrogen) atoms. The summed E-state index contributed by atoms with van der Waals surface area (Å²) < 4.78 is 5.34. The largest absolute Gasteiger partial charge is 0.497 e. The second-order valence-electron chi connectivity index (χ2n) is 7.40. The molecule has 3 heterocycles. The molecule has 4 rings (SSSR count). The monoisotopic (exact) mass is 396 g/mol. The first-order chi connectivity index (χ1) is 13.5. The molecule has 1 amide bonds. The number of ether oxygens (including phenoxy) is 1. The first-order valence-electron chi connectivity index (χ1n) is 9.28. The number of hydrogen-bond donors (Lipinski definition) is 1. The number of fused-ring (bicyclic) bond motifs is 1. The number of nitrogens with one attached hydrogen (secondary N) is 1. The molecular weight excluding hydrogens is 372 g/mol. The number of thiophene rings is 1. The molecule has 0 radical (unpaired) electrons. The normalized spacial score (nSPS) is 15.4. The van der Waals surface area contributed by atoms with Crippen molar-refractivity contribution < 1.29 is 9.53 Å². The van der Waals surface area contributed by atoms with E-state index in [1.54, 1.807) is 31.8 Å². The third-order valence-corrected chi connectivity index (χ3v) is 6.73. The van der Waals surface area contributed by atoms with E-state index >= 15 is 0 Å². The maximum Gasteiger partial charge on any atom is 0.229 e. The Kier molecular flexibility index (Phi) is 4.71. The number of aromatic nitrogens is 2. The third kappa shape index (κ3) is 2.99. The van der Waals surface area contributed by atoms with E-state index in [1.165, 1.54) is 10.4 Å². The fourth-order valence-electron chi connectivity index (χ4n) is 4.01. The van der Waals surface area contributed by atoms with E-state index in [9.17, 15) is 4.79 Å². The van der Waals surface area contributed by atoms with Crippen LogP contribution in [0.15, 0.2) is 30.6 Å². The first-order valence-corrected chi connectivity index (χ1v) is 10.1. The van der Waals surface area contributed by atoms with Gasteiger partial charge in [0.2, 0.25) is 5.91 Å². The SMILES string of the molecule is CNC(=O)C1(Cc2cccc(OC)c2)CN(c2ncnc3sc(C)c(C)c23)C1. The Balaban J connectivity index is 1.64. The summed E-state index contributed by atoms with van der Waals surface area (Å²) in [4.78, 5) is 26.2. The number of rotatable bonds is 5. The Morgan fingerprint density at radius 2 is 2.11 bits per heavy atom. The zero-order valence-electron chi connectivity index (χ0n) is 16.6. The molecule has 0 bridgehead atoms. The molecule has 146 valence electrons. The van der Waals surface area contributed by atoms with Gasteiger partial charge in [0.05, 0.1) is 17.9 Å². The topological polar surface area (TPSA) is 67.3 Å². The van der Waals surface area contributed by atoms with Crippen LogP contribution in [0.25, 0.3) is 10.2 Å². The van der Waals surface area contributed by atoms with Crippen LogP contribution in [0.2, 0.25) is 0 Å². The van der Waals surface area contributed by atoms with Crippen molar-refractivity contribution in [2.75, 3.05) is 32.1 Å². The molecule has 3 aromatic rings. The van der Waals surface area contributed by atoms with Gasteiger partial charge in [0.1, 0.15) is 22.7 Å². The minimum absolute atomic E-state index is 0.0649. The molecule has 0 unspecified atom stereocenters. The zero-order chi connectivity index (χ0) is 19.9. The van der Waals surface area contributed by atoms with E-state index < -0.39 is 5.41 Å². The Labute approximate surface area is 168 Å². The van der Waals surface area contributed by atoms with Gasteiger partial charge in [-0.1, -0.05) is 12.1 Å². The molecule has 2 aromatic heterocycles. The van der Waals surface area contributed by atoms with E-state index in [1.807, 2.05) is 24.3 Å². The lowest BCUT2D eigenvalue weighted by atomic mass is 9.73. The smallest absolute Gasteiger partial charge is 0.229 e. The van der Waals surface area contributed by atoms with Crippen molar-refractivity contribution in [1.29, 1.82) is 0 Å². The summed E-state index contributed by atoms with van der Waals surface area (Å²) in [5.41, 5.74) is 1.84. The Morgan fingerprint density at radius 1 is 1.32 bits per heavy atom. The molecule has 6 nitrogen and oxygen atoms in total. The summed E-state index contributed by atoms with van der Waals surface area (Å²) in [7, 11) is 3.36. The number of anilines is 1. The molecule has 1 aliphatic heterocycles. The zero-order valence-corrected chi connectivity index (χ0v) is 17.4. The van der Waals surface area contributed by atoms with Crippen molar-refractivity contribution in [3.63, 3.8) is 0 Å². The standard InChI is InChI=1S/C21H24N4O2S/c1-13-14(2)28-19-17(13)18(23-12-24-19)25-10-21(11-25,20(26)22-3)9-15-6-5-7-16(8-15)27-4/h5-8,12H,9-11H2,1-4H3,(H,22,26). The van der Waals surface area contributed by atoms with E-state index in [-0.39, 0.29) is 5.91 Å². The van der Waals surface area contributed by atoms with Crippen LogP contribution in [0.1, 0.15) is 16.0 Å². The first kappa shape index (κ1) is 18.7. The minimum Gasteiger partial charge on any atom is -0.497 e. The van der Waals surface area contributed by atoms with Crippen LogP contribution in [0.3, 0.4) is 0 Å². The van der Waals surface area contributed by atoms with Crippen molar-refractivity contribution >= 4 is 33.3 Å². The van der Waals surface area contributed by atoms with Gasteiger partial charge in [0.25, 0.3) is 0 Å². The summed E-state index contributed by atoms with van der Waals surface area (Å²) in [5.74, 6) is 1.80. The number of aryl methyl sites for hydroxylation is 2. The summed E-state index contributed by atoms with van der Waals surface area (Å²) in [6.45, 7) is 5.48. The van der Waals surface area contributed by atoms with Crippen molar-refractivity contribution in [2.45, 2.75) is 20.3 Å². The average Bonchev–Trinajstić information content (AvgIpc) is 2.98. The average molecular weight is 397 g/mol. The van der Waals surface area contributed by atoms with Gasteiger partial charge in [-0.05, 0) is 43.5 Å². The van der Waals surface area contributed by atoms with Crippen molar-refractivity contribution in [1.82, 2.24) is 15.3 Å². The van der Waals surface area contributed by atoms with E-state index in [4.69, 9.17) is 4.74 Å². The highest BCUT2D eigenvalue weighted by atomic mass is 32.1. The van der Waals surface area contributed by atoms with Crippen LogP contribution in [0, 0.1) is 19.3 Å². The number of carbonyl (C=O) groups excluding carboxylic acids is 1. The third-order valence-electron chi connectivity index (χ3n) is 5.62. The van der Waals surface area contributed by atoms with Gasteiger partial charge in [-0.15, -0.1) is 11.3 Å². The predicted molar refractivity (Wildman–Crippen MR) is 112 cm³/mol. The number of nitrogens with zero attached hydrogens (tertiary/aromatic N) is 3. The number of hydrogen-bond acceptors (Lipinski definition) is 6. The highest BCUT2D eigenvalue weighted by molar-refractivity contribution is 7.18. The van der Waals surface area contributed by atoms with Gasteiger partial charge < -0.3 is 15.0 Å². The van der Waals surface area contributed by atoms with Gasteiger partial charge >= 0.3 is 0 Å². The van der Waals surface area contributed by atoms with Crippen molar-refractivity contribution in [3.05, 3.63) is 46.6 Å². The lowest BCUT2D eigenvalue weighted by Gasteiger charge is -2.49. The number of benzene rings is 1. The fraction of sp³-hybridized carbons (Fsp3) is 0.381. The highest BCUT2D eigenvalue weighted by Crippen LogP contribution is 2.42. The predicted octanol–water partition coefficient (Wildman–Crippen LogP) is 3.11. The molecular formula is C21H24N4O2S. The van der Waals surface area contributed by atoms with Gasteiger partial charge in [0, 0.05) is 25.0 Å². The molecule has 0 atom stereocenters. The summed E-state index contributed by atoms with van der Waals surface area (Å²) in [5, 5.41) is 3.96. The van der Waals surface area contributed by atoms with Crippen molar-refractivity contribution in [2.24, 2.45) is 5.41 Å². The minimum atomic E-state index is -0.475. The molecule has 7 heteroatoms. The van der Waals surface area contributed by atoms with Crippen LogP contribution in [0.5, 0.6) is 5.75 Å². The Hall–Kier alpha value is -2.67. The number of carbonyl (C=O) groups is 1. The van der Waals surface area contributed by atoms with Crippen LogP contribution < -0.4 is 15.0 Å². The molecule has 0 aliphatic carbocycles. The van der Waals surface area contributed by atoms with Crippen LogP contribution in [-0.2, 0) is 11.2 Å². The van der Waals surface area contributed by atoms with Crippen LogP contribution >= 0.6 is 11.3 Å². The maximum absolute atomic E-state index is 12.8. The van der Waals surface area contributed by atoms with Gasteiger partial charge in [-0.3, -0.25) is 4.79 Å². The van der Waals surface area contributed by atoms with Crippen molar-refractivity contribution in [3.8, 4) is 5.75 Å². The lowest BCUT2D eigenvalue weighted by Crippen LogP contribution is -2.64. The van der Waals surface area contributed by atoms with Gasteiger partial charge in [-0.25, -0.2) is 9.97 Å². The lowest BCUT2D eigenvalue weighted by molar-refractivity contribution is -0.132. The number of amides is 1. The second kappa shape index (κ2) is 7.05. The maximum atomic E-state index is 12.8. The summed E-state index contributed by atoms with van der Waals surface area (Å²) in [6, 6.07) is 7.93. The van der Waals surface area contributed by atoms with Crippen LogP contribution in [-0.4, -0.2) is 43.1 Å². The number of methoxy groups -OCH3 is 1. The fourth-order valence-corrected chi connectivity index (χ4v) is 5.00. The molecule has 1 aromatic carbocycles. The second-order valence-corrected chi connectivity index (χ2v) is 8.61. The van der Waals surface area contributed by atoms with E-state index in [0.717, 1.165) is 27.3 Å². The van der Waals surface area contributed by atoms with Gasteiger partial charge in [0.15, 0.2) is 0 Å². The van der Waals surface area contributed by atoms with Gasteiger partial charge in [-0.2, -0.15) is 0 Å². The summed E-state index contributed by atoms with van der Waals surface area (Å²) >= 11 is 1.69. The molecule has 1 aliphatic rings. The van der Waals surface area contributed by atoms with E-state index in [0.29, 0.717) is 19.5 Å². The van der Waals surface area contributed by atoms with Crippen LogP contribution in [0.4, 0.5) is 5.82 Å². The Bertz CT molecular complexity index is 1040. The highest BCUT2D eigenvalue weighted by Gasteiger charge is 2.49. The molecule has 1 fully saturated rings. The summed E-state index contributed by atoms with van der Waals surface area (Å²) in [6.07, 6.45) is 2.28. The van der Waals surface area contributed by atoms with E-state index in [2.05, 4.69) is 34.0 Å². The molecule has 0 spiro atoms. The quantitative estimate of drug-likeness (QED) is 0.718. The molecule has 1 saturated heterocycles. The Morgan fingerprint density at radius 3 is 2.82 bits per heavy atom. The molecule has 1 N–H and O–H groups in total. The molecule has 0 saturated carbocycles.